The molecule has 4 atom stereocenters. The Morgan fingerprint density at radius 3 is 1.27 bits per heavy atom. The lowest BCUT2D eigenvalue weighted by molar-refractivity contribution is -0.122. The fourth-order valence-electron chi connectivity index (χ4n) is 8.41. The van der Waals surface area contributed by atoms with E-state index in [0.717, 1.165) is 44.1 Å². The summed E-state index contributed by atoms with van der Waals surface area (Å²) in [6.45, 7) is 0. The normalized spacial score (nSPS) is 13.3. The summed E-state index contributed by atoms with van der Waals surface area (Å²) < 4.78 is 27.0. The van der Waals surface area contributed by atoms with Crippen LogP contribution in [0.15, 0.2) is 146 Å². The van der Waals surface area contributed by atoms with E-state index in [1.54, 1.807) is 40.8 Å². The van der Waals surface area contributed by atoms with Gasteiger partial charge in [0.1, 0.15) is 23.0 Å². The van der Waals surface area contributed by atoms with Gasteiger partial charge >= 0.3 is 0 Å². The third-order valence-corrected chi connectivity index (χ3v) is 11.2. The van der Waals surface area contributed by atoms with E-state index in [1.165, 1.54) is 0 Å². The molecule has 0 aliphatic heterocycles. The molecule has 4 aromatic carbocycles. The molecule has 0 amide bonds. The third-order valence-electron chi connectivity index (χ3n) is 11.2. The number of para-hydroxylation sites is 2. The van der Waals surface area contributed by atoms with E-state index in [-0.39, 0.29) is 5.78 Å². The second kappa shape index (κ2) is 17.3. The summed E-state index contributed by atoms with van der Waals surface area (Å²) >= 11 is 0. The second-order valence-electron chi connectivity index (χ2n) is 14.8. The van der Waals surface area contributed by atoms with Crippen LogP contribution in [0, 0.1) is 0 Å². The van der Waals surface area contributed by atoms with Crippen LogP contribution in [0.25, 0.3) is 21.8 Å². The fourth-order valence-corrected chi connectivity index (χ4v) is 8.41. The van der Waals surface area contributed by atoms with E-state index in [2.05, 4.69) is 66.4 Å². The van der Waals surface area contributed by atoms with Crippen LogP contribution in [0.2, 0.25) is 0 Å². The van der Waals surface area contributed by atoms with Crippen molar-refractivity contribution >= 4 is 39.0 Å². The van der Waals surface area contributed by atoms with Crippen molar-refractivity contribution in [3.05, 3.63) is 169 Å². The number of aryl methyl sites for hydroxylation is 2. The number of nitrogens with zero attached hydrogens (tertiary/aromatic N) is 4. The number of pyridine rings is 2. The Bertz CT molecular complexity index is 2520. The lowest BCUT2D eigenvalue weighted by Crippen LogP contribution is -2.34. The van der Waals surface area contributed by atoms with Gasteiger partial charge in [0, 0.05) is 121 Å². The minimum Gasteiger partial charge on any atom is -0.497 e. The van der Waals surface area contributed by atoms with E-state index in [0.29, 0.717) is 34.4 Å². The van der Waals surface area contributed by atoms with Crippen LogP contribution in [-0.2, 0) is 18.9 Å². The Labute approximate surface area is 349 Å². The van der Waals surface area contributed by atoms with Crippen LogP contribution in [-0.4, -0.2) is 53.3 Å². The van der Waals surface area contributed by atoms with Crippen LogP contribution in [0.1, 0.15) is 46.2 Å². The molecule has 4 heterocycles. The minimum absolute atomic E-state index is 0.0323. The van der Waals surface area contributed by atoms with Crippen LogP contribution in [0.3, 0.4) is 0 Å². The fraction of sp³-hybridized carbons (Fsp3) is 0.204. The van der Waals surface area contributed by atoms with Crippen LogP contribution in [0.4, 0.5) is 11.4 Å². The molecule has 0 bridgehead atoms. The number of fused-ring (bicyclic) bond motifs is 2. The number of anilines is 2. The number of rotatable bonds is 16. The zero-order valence-electron chi connectivity index (χ0n) is 34.5. The van der Waals surface area contributed by atoms with Crippen molar-refractivity contribution in [3.63, 3.8) is 0 Å². The Morgan fingerprint density at radius 2 is 0.917 bits per heavy atom. The Kier molecular flexibility index (Phi) is 11.4. The first-order valence-electron chi connectivity index (χ1n) is 19.7. The first kappa shape index (κ1) is 39.6. The summed E-state index contributed by atoms with van der Waals surface area (Å²) in [4.78, 5) is 26.0. The minimum atomic E-state index is -0.790. The molecule has 0 aliphatic rings. The Morgan fingerprint density at radius 1 is 0.533 bits per heavy atom. The number of hydrogen-bond donors (Lipinski definition) is 2. The van der Waals surface area contributed by atoms with Gasteiger partial charge in [0.2, 0.25) is 0 Å². The van der Waals surface area contributed by atoms with Gasteiger partial charge in [-0.15, -0.1) is 0 Å². The molecule has 11 heteroatoms. The van der Waals surface area contributed by atoms with Crippen LogP contribution >= 0.6 is 0 Å². The monoisotopic (exact) mass is 800 g/mol. The van der Waals surface area contributed by atoms with Gasteiger partial charge in [0.25, 0.3) is 0 Å². The van der Waals surface area contributed by atoms with E-state index >= 15 is 4.79 Å². The van der Waals surface area contributed by atoms with Crippen molar-refractivity contribution in [2.45, 2.75) is 23.9 Å². The number of aromatic nitrogens is 4. The average molecular weight is 801 g/mol. The molecule has 11 nitrogen and oxygen atoms in total. The van der Waals surface area contributed by atoms with Crippen molar-refractivity contribution < 1.29 is 23.7 Å². The van der Waals surface area contributed by atoms with E-state index in [9.17, 15) is 0 Å². The second-order valence-corrected chi connectivity index (χ2v) is 14.8. The van der Waals surface area contributed by atoms with Gasteiger partial charge in [-0.25, -0.2) is 0 Å². The largest absolute Gasteiger partial charge is 0.497 e. The van der Waals surface area contributed by atoms with Gasteiger partial charge in [-0.2, -0.15) is 0 Å². The SMILES string of the molecule is COc1cc(NC(c2cccnc2)C(C(=O)C(c2cn(C)c3ccccc23)C(Nc2cc(OC)cc(OC)c2)c2cccnc2)c2cn(C)c3ccccc23)cc(OC)c1. The zero-order chi connectivity index (χ0) is 41.8. The third kappa shape index (κ3) is 7.81. The van der Waals surface area contributed by atoms with Crippen LogP contribution < -0.4 is 29.6 Å². The molecule has 4 aromatic heterocycles. The quantitative estimate of drug-likeness (QED) is 0.0987. The molecule has 8 rings (SSSR count). The number of hydrogen-bond acceptors (Lipinski definition) is 9. The summed E-state index contributed by atoms with van der Waals surface area (Å²) in [7, 11) is 10.5. The van der Waals surface area contributed by atoms with Crippen molar-refractivity contribution in [1.29, 1.82) is 0 Å². The highest BCUT2D eigenvalue weighted by molar-refractivity contribution is 6.01. The van der Waals surface area contributed by atoms with Crippen molar-refractivity contribution in [2.75, 3.05) is 39.1 Å². The van der Waals surface area contributed by atoms with E-state index in [1.807, 2.05) is 111 Å². The molecule has 0 spiro atoms. The summed E-state index contributed by atoms with van der Waals surface area (Å²) in [5.41, 5.74) is 6.82. The molecule has 8 aromatic rings. The summed E-state index contributed by atoms with van der Waals surface area (Å²) in [5.74, 6) is 0.826. The number of nitrogens with one attached hydrogen (secondary N) is 2. The number of carbonyl (C=O) groups excluding carboxylic acids is 1. The van der Waals surface area contributed by atoms with Gasteiger partial charge in [-0.3, -0.25) is 14.8 Å². The highest BCUT2D eigenvalue weighted by Gasteiger charge is 2.43. The molecule has 60 heavy (non-hydrogen) atoms. The molecule has 0 saturated heterocycles. The van der Waals surface area contributed by atoms with Gasteiger partial charge in [0.15, 0.2) is 5.78 Å². The maximum atomic E-state index is 16.8. The first-order chi connectivity index (χ1) is 29.3. The summed E-state index contributed by atoms with van der Waals surface area (Å²) in [5, 5.41) is 9.55. The number of carbonyl (C=O) groups is 1. The van der Waals surface area contributed by atoms with Gasteiger partial charge in [0.05, 0.1) is 52.4 Å². The smallest absolute Gasteiger partial charge is 0.152 e. The molecule has 2 N–H and O–H groups in total. The maximum Gasteiger partial charge on any atom is 0.152 e. The lowest BCUT2D eigenvalue weighted by atomic mass is 9.74. The van der Waals surface area contributed by atoms with Gasteiger partial charge in [-0.05, 0) is 46.5 Å². The number of methoxy groups -OCH3 is 4. The highest BCUT2D eigenvalue weighted by Crippen LogP contribution is 2.48. The topological polar surface area (TPSA) is 114 Å². The molecule has 304 valence electrons. The summed E-state index contributed by atoms with van der Waals surface area (Å²) in [6.07, 6.45) is 11.3. The Balaban J connectivity index is 1.42. The van der Waals surface area contributed by atoms with Crippen molar-refractivity contribution in [1.82, 2.24) is 19.1 Å². The van der Waals surface area contributed by atoms with Crippen LogP contribution in [0.5, 0.6) is 23.0 Å². The van der Waals surface area contributed by atoms with Crippen molar-refractivity contribution in [2.24, 2.45) is 14.1 Å². The predicted molar refractivity (Wildman–Crippen MR) is 237 cm³/mol. The molecule has 0 aliphatic carbocycles. The molecule has 4 unspecified atom stereocenters. The standard InChI is InChI=1S/C49H48N6O5/c1-54-29-41(39-15-7-9-17-43(39)54)45(47(31-13-11-19-50-27-31)52-33-21-35(57-3)25-36(22-33)58-4)49(56)46(42-30-55(2)44-18-10-8-16-40(42)44)48(32-14-12-20-51-28-32)53-34-23-37(59-5)26-38(24-34)60-6/h7-30,45-48,52-53H,1-6H3. The molecule has 0 saturated carbocycles. The van der Waals surface area contributed by atoms with Gasteiger partial charge < -0.3 is 38.7 Å². The molecular weight excluding hydrogens is 753 g/mol. The highest BCUT2D eigenvalue weighted by atomic mass is 16.5. The Hall–Kier alpha value is -7.27. The van der Waals surface area contributed by atoms with Gasteiger partial charge in [-0.1, -0.05) is 48.5 Å². The average Bonchev–Trinajstić information content (AvgIpc) is 3.81. The van der Waals surface area contributed by atoms with Crippen molar-refractivity contribution in [3.8, 4) is 23.0 Å². The number of benzene rings is 4. The number of Topliss-reactive ketones (excluding diaryl/α,β-unsaturated/α-hetero) is 1. The molecule has 0 radical (unpaired) electrons. The molecule has 0 fully saturated rings. The number of ether oxygens (including phenoxy) is 4. The number of ketones is 1. The predicted octanol–water partition coefficient (Wildman–Crippen LogP) is 9.64. The van der Waals surface area contributed by atoms with E-state index < -0.39 is 23.9 Å². The maximum absolute atomic E-state index is 16.8. The molecular formula is C49H48N6O5. The first-order valence-corrected chi connectivity index (χ1v) is 19.7. The zero-order valence-corrected chi connectivity index (χ0v) is 34.5. The van der Waals surface area contributed by atoms with E-state index in [4.69, 9.17) is 18.9 Å². The lowest BCUT2D eigenvalue weighted by Gasteiger charge is -2.35. The summed E-state index contributed by atoms with van der Waals surface area (Å²) in [6, 6.07) is 34.3.